The van der Waals surface area contributed by atoms with Gasteiger partial charge in [0, 0.05) is 0 Å². The molecule has 0 unspecified atom stereocenters. The van der Waals surface area contributed by atoms with E-state index in [0.717, 1.165) is 6.42 Å². The number of carbonyl (C=O) groups excluding carboxylic acids is 1. The molecule has 0 saturated heterocycles. The van der Waals surface area contributed by atoms with Gasteiger partial charge in [-0.1, -0.05) is 30.8 Å². The van der Waals surface area contributed by atoms with E-state index < -0.39 is 8.96 Å². The molecule has 0 aliphatic heterocycles. The van der Waals surface area contributed by atoms with Crippen LogP contribution >= 0.6 is 0 Å². The molecule has 84 valence electrons. The van der Waals surface area contributed by atoms with Crippen LogP contribution in [-0.2, 0) is 4.79 Å². The number of rotatable bonds is 3. The fourth-order valence-corrected chi connectivity index (χ4v) is 2.83. The molecule has 15 heavy (non-hydrogen) atoms. The predicted octanol–water partition coefficient (Wildman–Crippen LogP) is 2.39. The van der Waals surface area contributed by atoms with E-state index >= 15 is 0 Å². The SMILES string of the molecule is CC1=C(C(C)(C)C(=O)N[SiH](C)C)CC=C1. The van der Waals surface area contributed by atoms with Crippen LogP contribution in [0.25, 0.3) is 0 Å². The summed E-state index contributed by atoms with van der Waals surface area (Å²) in [5, 5.41) is 0. The van der Waals surface area contributed by atoms with Crippen molar-refractivity contribution in [1.29, 1.82) is 0 Å². The molecule has 0 bridgehead atoms. The lowest BCUT2D eigenvalue weighted by Crippen LogP contribution is -2.43. The van der Waals surface area contributed by atoms with Crippen molar-refractivity contribution in [3.63, 3.8) is 0 Å². The van der Waals surface area contributed by atoms with E-state index in [-0.39, 0.29) is 11.3 Å². The van der Waals surface area contributed by atoms with Gasteiger partial charge in [0.25, 0.3) is 0 Å². The van der Waals surface area contributed by atoms with Crippen molar-refractivity contribution in [1.82, 2.24) is 4.98 Å². The highest BCUT2D eigenvalue weighted by Crippen LogP contribution is 2.35. The molecule has 0 aromatic carbocycles. The Bertz CT molecular complexity index is 327. The third-order valence-corrected chi connectivity index (χ3v) is 3.75. The third-order valence-electron chi connectivity index (χ3n) is 2.91. The molecule has 0 saturated carbocycles. The van der Waals surface area contributed by atoms with Gasteiger partial charge in [0.1, 0.15) is 8.96 Å². The topological polar surface area (TPSA) is 29.1 Å². The molecule has 1 rings (SSSR count). The van der Waals surface area contributed by atoms with E-state index in [4.69, 9.17) is 0 Å². The van der Waals surface area contributed by atoms with Crippen LogP contribution in [0.3, 0.4) is 0 Å². The molecule has 0 aromatic rings. The lowest BCUT2D eigenvalue weighted by atomic mass is 9.81. The van der Waals surface area contributed by atoms with Gasteiger partial charge in [-0.15, -0.1) is 0 Å². The van der Waals surface area contributed by atoms with Gasteiger partial charge in [-0.25, -0.2) is 0 Å². The highest BCUT2D eigenvalue weighted by Gasteiger charge is 2.33. The molecule has 0 atom stereocenters. The van der Waals surface area contributed by atoms with Crippen LogP contribution in [0.4, 0.5) is 0 Å². The average Bonchev–Trinajstić information content (AvgIpc) is 2.50. The van der Waals surface area contributed by atoms with Gasteiger partial charge >= 0.3 is 0 Å². The summed E-state index contributed by atoms with van der Waals surface area (Å²) in [5.41, 5.74) is 2.15. The second-order valence-corrected chi connectivity index (χ2v) is 7.62. The van der Waals surface area contributed by atoms with Gasteiger partial charge in [-0.05, 0) is 32.8 Å². The zero-order valence-electron chi connectivity index (χ0n) is 10.3. The first-order valence-corrected chi connectivity index (χ1v) is 8.42. The number of hydrogen-bond donors (Lipinski definition) is 1. The highest BCUT2D eigenvalue weighted by atomic mass is 28.3. The molecule has 0 radical (unpaired) electrons. The van der Waals surface area contributed by atoms with Crippen LogP contribution in [-0.4, -0.2) is 14.9 Å². The lowest BCUT2D eigenvalue weighted by molar-refractivity contribution is -0.125. The molecular formula is C12H21NOSi. The Morgan fingerprint density at radius 1 is 1.47 bits per heavy atom. The van der Waals surface area contributed by atoms with Crippen molar-refractivity contribution in [2.24, 2.45) is 5.41 Å². The summed E-state index contributed by atoms with van der Waals surface area (Å²) in [6, 6.07) is 0. The summed E-state index contributed by atoms with van der Waals surface area (Å²) >= 11 is 0. The fourth-order valence-electron chi connectivity index (χ4n) is 1.94. The van der Waals surface area contributed by atoms with Crippen LogP contribution in [0, 0.1) is 5.41 Å². The maximum atomic E-state index is 12.1. The standard InChI is InChI=1S/C12H21NOSi/c1-9-7-6-8-10(9)12(2,3)11(14)13-15(4)5/h6-7,15H,8H2,1-5H3,(H,13,14). The Morgan fingerprint density at radius 2 is 2.07 bits per heavy atom. The predicted molar refractivity (Wildman–Crippen MR) is 67.3 cm³/mol. The summed E-state index contributed by atoms with van der Waals surface area (Å²) in [5.74, 6) is 0.183. The molecule has 2 nitrogen and oxygen atoms in total. The number of hydrogen-bond acceptors (Lipinski definition) is 1. The Balaban J connectivity index is 2.83. The number of carbonyl (C=O) groups is 1. The first kappa shape index (κ1) is 12.2. The summed E-state index contributed by atoms with van der Waals surface area (Å²) in [4.78, 5) is 15.2. The van der Waals surface area contributed by atoms with E-state index in [1.165, 1.54) is 11.1 Å². The Labute approximate surface area is 94.1 Å². The molecule has 1 amide bonds. The zero-order valence-corrected chi connectivity index (χ0v) is 11.5. The summed E-state index contributed by atoms with van der Waals surface area (Å²) < 4.78 is 0. The molecule has 1 N–H and O–H groups in total. The van der Waals surface area contributed by atoms with Crippen molar-refractivity contribution in [2.75, 3.05) is 0 Å². The van der Waals surface area contributed by atoms with E-state index in [0.29, 0.717) is 0 Å². The van der Waals surface area contributed by atoms with Gasteiger partial charge < -0.3 is 4.98 Å². The van der Waals surface area contributed by atoms with E-state index in [2.05, 4.69) is 37.2 Å². The van der Waals surface area contributed by atoms with Crippen molar-refractivity contribution in [3.05, 3.63) is 23.3 Å². The van der Waals surface area contributed by atoms with Gasteiger partial charge in [0.2, 0.25) is 5.91 Å². The molecule has 1 aliphatic carbocycles. The number of amides is 1. The van der Waals surface area contributed by atoms with Crippen molar-refractivity contribution in [3.8, 4) is 0 Å². The molecule has 1 aliphatic rings. The van der Waals surface area contributed by atoms with Crippen molar-refractivity contribution in [2.45, 2.75) is 40.3 Å². The molecular weight excluding hydrogens is 202 g/mol. The average molecular weight is 223 g/mol. The maximum absolute atomic E-state index is 12.1. The molecule has 0 fully saturated rings. The minimum absolute atomic E-state index is 0.183. The largest absolute Gasteiger partial charge is 0.384 e. The summed E-state index contributed by atoms with van der Waals surface area (Å²) in [7, 11) is -1.03. The Kier molecular flexibility index (Phi) is 3.55. The van der Waals surface area contributed by atoms with Crippen LogP contribution in [0.5, 0.6) is 0 Å². The lowest BCUT2D eigenvalue weighted by Gasteiger charge is -2.27. The van der Waals surface area contributed by atoms with Crippen LogP contribution < -0.4 is 4.98 Å². The van der Waals surface area contributed by atoms with Crippen LogP contribution in [0.2, 0.25) is 13.1 Å². The minimum atomic E-state index is -1.03. The molecule has 3 heteroatoms. The van der Waals surface area contributed by atoms with Gasteiger partial charge in [0.15, 0.2) is 0 Å². The molecule has 0 aromatic heterocycles. The second-order valence-electron chi connectivity index (χ2n) is 5.02. The highest BCUT2D eigenvalue weighted by molar-refractivity contribution is 6.56. The van der Waals surface area contributed by atoms with E-state index in [1.807, 2.05) is 13.8 Å². The van der Waals surface area contributed by atoms with Crippen LogP contribution in [0.1, 0.15) is 27.2 Å². The zero-order chi connectivity index (χ0) is 11.6. The Morgan fingerprint density at radius 3 is 2.47 bits per heavy atom. The summed E-state index contributed by atoms with van der Waals surface area (Å²) in [6.07, 6.45) is 5.16. The molecule has 0 heterocycles. The monoisotopic (exact) mass is 223 g/mol. The first-order chi connectivity index (χ1) is 6.85. The Hall–Kier alpha value is -0.833. The number of nitrogens with one attached hydrogen (secondary N) is 1. The minimum Gasteiger partial charge on any atom is -0.384 e. The van der Waals surface area contributed by atoms with Crippen molar-refractivity contribution < 1.29 is 4.79 Å². The normalized spacial score (nSPS) is 16.4. The maximum Gasteiger partial charge on any atom is 0.221 e. The van der Waals surface area contributed by atoms with Gasteiger partial charge in [-0.2, -0.15) is 0 Å². The second kappa shape index (κ2) is 4.35. The number of allylic oxidation sites excluding steroid dienone is 3. The van der Waals surface area contributed by atoms with Gasteiger partial charge in [0.05, 0.1) is 5.41 Å². The first-order valence-electron chi connectivity index (χ1n) is 5.53. The van der Waals surface area contributed by atoms with E-state index in [9.17, 15) is 4.79 Å². The van der Waals surface area contributed by atoms with Gasteiger partial charge in [-0.3, -0.25) is 4.79 Å². The van der Waals surface area contributed by atoms with Crippen LogP contribution in [0.15, 0.2) is 23.3 Å². The quantitative estimate of drug-likeness (QED) is 0.731. The van der Waals surface area contributed by atoms with Crippen molar-refractivity contribution >= 4 is 14.9 Å². The summed E-state index contributed by atoms with van der Waals surface area (Å²) in [6.45, 7) is 10.4. The molecule has 0 spiro atoms. The van der Waals surface area contributed by atoms with E-state index in [1.54, 1.807) is 0 Å². The smallest absolute Gasteiger partial charge is 0.221 e. The third kappa shape index (κ3) is 2.59. The fraction of sp³-hybridized carbons (Fsp3) is 0.583.